The quantitative estimate of drug-likeness (QED) is 0.279. The monoisotopic (exact) mass is 515 g/mol. The molecule has 0 spiro atoms. The number of likely N-dealkylation sites (tertiary alicyclic amines) is 1. The van der Waals surface area contributed by atoms with Crippen molar-refractivity contribution in [3.05, 3.63) is 83.4 Å². The summed E-state index contributed by atoms with van der Waals surface area (Å²) >= 11 is 1.21. The van der Waals surface area contributed by atoms with Crippen LogP contribution in [0, 0.1) is 11.6 Å². The van der Waals surface area contributed by atoms with Crippen molar-refractivity contribution in [2.45, 2.75) is 19.4 Å². The van der Waals surface area contributed by atoms with E-state index in [0.29, 0.717) is 31.8 Å². The van der Waals surface area contributed by atoms with E-state index in [2.05, 4.69) is 11.8 Å². The fourth-order valence-corrected chi connectivity index (χ4v) is 5.54. The molecule has 4 nitrogen and oxygen atoms in total. The summed E-state index contributed by atoms with van der Waals surface area (Å²) in [5.74, 6) is -0.946. The maximum atomic E-state index is 14.0. The summed E-state index contributed by atoms with van der Waals surface area (Å²) in [6, 6.07) is 14.9. The van der Waals surface area contributed by atoms with Crippen molar-refractivity contribution in [3.63, 3.8) is 0 Å². The summed E-state index contributed by atoms with van der Waals surface area (Å²) in [6.07, 6.45) is 1.26. The fourth-order valence-electron chi connectivity index (χ4n) is 4.32. The SMILES string of the molecule is CCCN1CC(Oc2ccc(C(=O)c3c(-c4cc(F)cc(F)c4)sc4cc(O)ccc34)cc2)C1.Cl. The molecule has 0 bridgehead atoms. The molecule has 1 aromatic heterocycles. The van der Waals surface area contributed by atoms with Crippen LogP contribution in [0.3, 0.4) is 0 Å². The normalized spacial score (nSPS) is 13.9. The van der Waals surface area contributed by atoms with E-state index in [1.165, 1.54) is 29.5 Å². The summed E-state index contributed by atoms with van der Waals surface area (Å²) < 4.78 is 34.6. The van der Waals surface area contributed by atoms with Gasteiger partial charge in [-0.25, -0.2) is 8.78 Å². The molecule has 0 aliphatic carbocycles. The number of fused-ring (bicyclic) bond motifs is 1. The number of hydrogen-bond donors (Lipinski definition) is 1. The second kappa shape index (κ2) is 10.3. The highest BCUT2D eigenvalue weighted by Crippen LogP contribution is 2.41. The Hall–Kier alpha value is -3.00. The molecule has 0 unspecified atom stereocenters. The third-order valence-corrected chi connectivity index (χ3v) is 7.11. The zero-order chi connectivity index (χ0) is 23.8. The Morgan fingerprint density at radius 3 is 2.40 bits per heavy atom. The van der Waals surface area contributed by atoms with E-state index in [1.54, 1.807) is 36.4 Å². The fraction of sp³-hybridized carbons (Fsp3) is 0.222. The van der Waals surface area contributed by atoms with Crippen LogP contribution in [0.1, 0.15) is 29.3 Å². The van der Waals surface area contributed by atoms with E-state index in [9.17, 15) is 18.7 Å². The van der Waals surface area contributed by atoms with Gasteiger partial charge in [-0.3, -0.25) is 9.69 Å². The Labute approximate surface area is 212 Å². The first kappa shape index (κ1) is 25.1. The van der Waals surface area contributed by atoms with Crippen LogP contribution in [0.5, 0.6) is 11.5 Å². The molecular formula is C27H24ClF2NO3S. The van der Waals surface area contributed by atoms with Crippen molar-refractivity contribution in [2.24, 2.45) is 0 Å². The summed E-state index contributed by atoms with van der Waals surface area (Å²) in [7, 11) is 0. The van der Waals surface area contributed by atoms with Crippen LogP contribution in [0.2, 0.25) is 0 Å². The van der Waals surface area contributed by atoms with E-state index in [1.807, 2.05) is 0 Å². The van der Waals surface area contributed by atoms with Gasteiger partial charge in [0.2, 0.25) is 0 Å². The van der Waals surface area contributed by atoms with E-state index in [4.69, 9.17) is 4.74 Å². The van der Waals surface area contributed by atoms with E-state index < -0.39 is 11.6 Å². The van der Waals surface area contributed by atoms with Gasteiger partial charge in [-0.2, -0.15) is 0 Å². The summed E-state index contributed by atoms with van der Waals surface area (Å²) in [6.45, 7) is 5.02. The molecule has 182 valence electrons. The molecule has 5 rings (SSSR count). The lowest BCUT2D eigenvalue weighted by atomic mass is 9.97. The predicted octanol–water partition coefficient (Wildman–Crippen LogP) is 6.68. The van der Waals surface area contributed by atoms with Crippen LogP contribution >= 0.6 is 23.7 Å². The molecule has 3 aromatic carbocycles. The molecule has 0 radical (unpaired) electrons. The average Bonchev–Trinajstić information content (AvgIpc) is 3.15. The zero-order valence-corrected chi connectivity index (χ0v) is 20.6. The largest absolute Gasteiger partial charge is 0.508 e. The van der Waals surface area contributed by atoms with Gasteiger partial charge in [0.15, 0.2) is 5.78 Å². The summed E-state index contributed by atoms with van der Waals surface area (Å²) in [5.41, 5.74) is 1.08. The number of hydrogen-bond acceptors (Lipinski definition) is 5. The highest BCUT2D eigenvalue weighted by atomic mass is 35.5. The van der Waals surface area contributed by atoms with Gasteiger partial charge in [-0.1, -0.05) is 6.92 Å². The molecule has 1 N–H and O–H groups in total. The van der Waals surface area contributed by atoms with Crippen LogP contribution in [-0.4, -0.2) is 41.5 Å². The van der Waals surface area contributed by atoms with Crippen LogP contribution < -0.4 is 4.74 Å². The van der Waals surface area contributed by atoms with Gasteiger partial charge in [0.1, 0.15) is 29.2 Å². The third kappa shape index (κ3) is 5.17. The lowest BCUT2D eigenvalue weighted by Gasteiger charge is -2.38. The van der Waals surface area contributed by atoms with E-state index >= 15 is 0 Å². The maximum Gasteiger partial charge on any atom is 0.195 e. The van der Waals surface area contributed by atoms with Crippen molar-refractivity contribution in [1.82, 2.24) is 4.90 Å². The number of ketones is 1. The molecule has 1 saturated heterocycles. The molecule has 35 heavy (non-hydrogen) atoms. The molecule has 0 atom stereocenters. The average molecular weight is 516 g/mol. The number of phenolic OH excluding ortho intramolecular Hbond substituents is 1. The molecule has 2 heterocycles. The van der Waals surface area contributed by atoms with Crippen molar-refractivity contribution in [2.75, 3.05) is 19.6 Å². The number of rotatable bonds is 7. The number of carbonyl (C=O) groups excluding carboxylic acids is 1. The summed E-state index contributed by atoms with van der Waals surface area (Å²) in [5, 5.41) is 10.5. The van der Waals surface area contributed by atoms with Crippen LogP contribution in [0.25, 0.3) is 20.5 Å². The third-order valence-electron chi connectivity index (χ3n) is 5.91. The zero-order valence-electron chi connectivity index (χ0n) is 19.0. The minimum atomic E-state index is -0.719. The molecule has 0 saturated carbocycles. The Bertz CT molecular complexity index is 1350. The lowest BCUT2D eigenvalue weighted by Crippen LogP contribution is -2.53. The molecule has 1 aliphatic rings. The van der Waals surface area contributed by atoms with Crippen LogP contribution in [0.15, 0.2) is 60.7 Å². The number of halogens is 3. The molecule has 4 aromatic rings. The van der Waals surface area contributed by atoms with Gasteiger partial charge in [0, 0.05) is 45.2 Å². The van der Waals surface area contributed by atoms with Crippen molar-refractivity contribution in [3.8, 4) is 21.9 Å². The number of benzene rings is 3. The standard InChI is InChI=1S/C27H23F2NO3S.ClH/c1-2-9-30-14-22(15-30)33-21-6-3-16(4-7-21)26(32)25-23-8-5-20(31)13-24(23)34-27(25)17-10-18(28)12-19(29)11-17;/h3-8,10-13,22,31H,2,9,14-15H2,1H3;1H. The number of ether oxygens (including phenoxy) is 1. The first-order chi connectivity index (χ1) is 16.4. The number of carbonyl (C=O) groups is 1. The lowest BCUT2D eigenvalue weighted by molar-refractivity contribution is 0.0202. The number of phenols is 1. The number of aromatic hydroxyl groups is 1. The molecular weight excluding hydrogens is 492 g/mol. The van der Waals surface area contributed by atoms with Gasteiger partial charge in [-0.05, 0) is 73.1 Å². The minimum absolute atomic E-state index is 0. The van der Waals surface area contributed by atoms with E-state index in [0.717, 1.165) is 32.1 Å². The van der Waals surface area contributed by atoms with E-state index in [-0.39, 0.29) is 35.6 Å². The first-order valence-corrected chi connectivity index (χ1v) is 12.0. The highest BCUT2D eigenvalue weighted by Gasteiger charge is 2.27. The Kier molecular flexibility index (Phi) is 7.40. The second-order valence-corrected chi connectivity index (χ2v) is 9.55. The minimum Gasteiger partial charge on any atom is -0.508 e. The van der Waals surface area contributed by atoms with Crippen molar-refractivity contribution < 1.29 is 23.4 Å². The number of thiophene rings is 1. The number of nitrogens with zero attached hydrogens (tertiary/aromatic N) is 1. The second-order valence-electron chi connectivity index (χ2n) is 8.50. The van der Waals surface area contributed by atoms with Crippen molar-refractivity contribution in [1.29, 1.82) is 0 Å². The molecule has 8 heteroatoms. The van der Waals surface area contributed by atoms with Crippen LogP contribution in [-0.2, 0) is 0 Å². The smallest absolute Gasteiger partial charge is 0.195 e. The molecule has 1 aliphatic heterocycles. The van der Waals surface area contributed by atoms with Gasteiger partial charge in [0.25, 0.3) is 0 Å². The predicted molar refractivity (Wildman–Crippen MR) is 137 cm³/mol. The highest BCUT2D eigenvalue weighted by molar-refractivity contribution is 7.22. The Morgan fingerprint density at radius 1 is 1.06 bits per heavy atom. The molecule has 1 fully saturated rings. The van der Waals surface area contributed by atoms with Crippen LogP contribution in [0.4, 0.5) is 8.78 Å². The maximum absolute atomic E-state index is 14.0. The molecule has 0 amide bonds. The van der Waals surface area contributed by atoms with Gasteiger partial charge in [0.05, 0.1) is 0 Å². The van der Waals surface area contributed by atoms with Gasteiger partial charge >= 0.3 is 0 Å². The van der Waals surface area contributed by atoms with Gasteiger partial charge in [-0.15, -0.1) is 23.7 Å². The first-order valence-electron chi connectivity index (χ1n) is 11.2. The van der Waals surface area contributed by atoms with Gasteiger partial charge < -0.3 is 9.84 Å². The Balaban J connectivity index is 0.00000289. The summed E-state index contributed by atoms with van der Waals surface area (Å²) in [4.78, 5) is 16.4. The topological polar surface area (TPSA) is 49.8 Å². The Morgan fingerprint density at radius 2 is 1.74 bits per heavy atom. The van der Waals surface area contributed by atoms with Crippen molar-refractivity contribution >= 4 is 39.6 Å².